The molecule has 0 bridgehead atoms. The van der Waals surface area contributed by atoms with Gasteiger partial charge in [-0.15, -0.1) is 0 Å². The topological polar surface area (TPSA) is 33.4 Å². The van der Waals surface area contributed by atoms with E-state index < -0.39 is 0 Å². The molecule has 0 unspecified atom stereocenters. The van der Waals surface area contributed by atoms with Gasteiger partial charge in [0.25, 0.3) is 0 Å². The molecule has 0 aliphatic carbocycles. The van der Waals surface area contributed by atoms with Gasteiger partial charge >= 0.3 is 0 Å². The second kappa shape index (κ2) is 2.72. The van der Waals surface area contributed by atoms with Crippen molar-refractivity contribution in [3.05, 3.63) is 24.7 Å². The van der Waals surface area contributed by atoms with Crippen LogP contribution in [-0.2, 0) is 0 Å². The maximum Gasteiger partial charge on any atom is 0.155 e. The van der Waals surface area contributed by atoms with Gasteiger partial charge in [0.05, 0.1) is 11.9 Å². The van der Waals surface area contributed by atoms with Crippen LogP contribution in [0, 0.1) is 5.41 Å². The van der Waals surface area contributed by atoms with E-state index in [0.29, 0.717) is 5.41 Å². The van der Waals surface area contributed by atoms with Crippen molar-refractivity contribution in [2.75, 3.05) is 18.0 Å². The zero-order chi connectivity index (χ0) is 10.5. The van der Waals surface area contributed by atoms with Crippen molar-refractivity contribution in [1.29, 1.82) is 0 Å². The molecule has 2 aromatic rings. The maximum absolute atomic E-state index is 4.14. The SMILES string of the molecule is CC1(C)CN(c2ccc3ncnn3c2)C1. The number of aromatic nitrogens is 3. The summed E-state index contributed by atoms with van der Waals surface area (Å²) in [6.45, 7) is 6.81. The number of nitrogens with zero attached hydrogens (tertiary/aromatic N) is 4. The Kier molecular flexibility index (Phi) is 1.58. The van der Waals surface area contributed by atoms with Crippen LogP contribution in [0.2, 0.25) is 0 Å². The lowest BCUT2D eigenvalue weighted by Crippen LogP contribution is -2.53. The van der Waals surface area contributed by atoms with E-state index in [2.05, 4.69) is 34.9 Å². The molecular formula is C11H14N4. The molecule has 0 N–H and O–H groups in total. The first-order valence-corrected chi connectivity index (χ1v) is 5.18. The highest BCUT2D eigenvalue weighted by atomic mass is 15.3. The monoisotopic (exact) mass is 202 g/mol. The molecule has 0 saturated carbocycles. The summed E-state index contributed by atoms with van der Waals surface area (Å²) in [5.41, 5.74) is 2.59. The van der Waals surface area contributed by atoms with Gasteiger partial charge in [0, 0.05) is 13.1 Å². The fraction of sp³-hybridized carbons (Fsp3) is 0.455. The van der Waals surface area contributed by atoms with Crippen LogP contribution in [0.4, 0.5) is 5.69 Å². The summed E-state index contributed by atoms with van der Waals surface area (Å²) in [6.07, 6.45) is 3.62. The van der Waals surface area contributed by atoms with Gasteiger partial charge in [-0.25, -0.2) is 9.50 Å². The molecule has 2 aromatic heterocycles. The van der Waals surface area contributed by atoms with E-state index in [-0.39, 0.29) is 0 Å². The summed E-state index contributed by atoms with van der Waals surface area (Å²) >= 11 is 0. The first-order valence-electron chi connectivity index (χ1n) is 5.18. The zero-order valence-electron chi connectivity index (χ0n) is 9.01. The van der Waals surface area contributed by atoms with Crippen LogP contribution in [0.3, 0.4) is 0 Å². The van der Waals surface area contributed by atoms with Gasteiger partial charge < -0.3 is 4.90 Å². The third-order valence-corrected chi connectivity index (χ3v) is 2.86. The Morgan fingerprint density at radius 2 is 2.07 bits per heavy atom. The number of pyridine rings is 1. The second-order valence-corrected chi connectivity index (χ2v) is 4.97. The molecule has 0 spiro atoms. The maximum atomic E-state index is 4.14. The van der Waals surface area contributed by atoms with Crippen molar-refractivity contribution in [2.24, 2.45) is 5.41 Å². The van der Waals surface area contributed by atoms with Gasteiger partial charge in [-0.2, -0.15) is 5.10 Å². The summed E-state index contributed by atoms with van der Waals surface area (Å²) < 4.78 is 1.82. The minimum atomic E-state index is 0.456. The minimum absolute atomic E-state index is 0.456. The first-order chi connectivity index (χ1) is 7.14. The molecule has 4 nitrogen and oxygen atoms in total. The van der Waals surface area contributed by atoms with Crippen LogP contribution in [0.1, 0.15) is 13.8 Å². The zero-order valence-corrected chi connectivity index (χ0v) is 9.01. The Bertz CT molecular complexity index is 492. The molecule has 0 radical (unpaired) electrons. The molecule has 0 atom stereocenters. The molecule has 1 aliphatic heterocycles. The normalized spacial score (nSPS) is 19.2. The predicted molar refractivity (Wildman–Crippen MR) is 59.0 cm³/mol. The van der Waals surface area contributed by atoms with Gasteiger partial charge in [0.1, 0.15) is 6.33 Å². The largest absolute Gasteiger partial charge is 0.369 e. The summed E-state index contributed by atoms with van der Waals surface area (Å²) in [5, 5.41) is 4.14. The standard InChI is InChI=1S/C11H14N4/c1-11(2)6-14(7-11)9-3-4-10-12-8-13-15(10)5-9/h3-5,8H,6-7H2,1-2H3. The van der Waals surface area contributed by atoms with E-state index >= 15 is 0 Å². The minimum Gasteiger partial charge on any atom is -0.369 e. The van der Waals surface area contributed by atoms with Gasteiger partial charge in [-0.05, 0) is 17.5 Å². The fourth-order valence-electron chi connectivity index (χ4n) is 2.16. The Hall–Kier alpha value is -1.58. The highest BCUT2D eigenvalue weighted by Gasteiger charge is 2.34. The van der Waals surface area contributed by atoms with Crippen LogP contribution in [0.25, 0.3) is 5.65 Å². The number of fused-ring (bicyclic) bond motifs is 1. The van der Waals surface area contributed by atoms with Crippen molar-refractivity contribution in [3.8, 4) is 0 Å². The Morgan fingerprint density at radius 1 is 1.27 bits per heavy atom. The van der Waals surface area contributed by atoms with E-state index in [1.807, 2.05) is 16.8 Å². The summed E-state index contributed by atoms with van der Waals surface area (Å²) in [6, 6.07) is 4.12. The van der Waals surface area contributed by atoms with Crippen molar-refractivity contribution in [1.82, 2.24) is 14.6 Å². The molecule has 3 rings (SSSR count). The van der Waals surface area contributed by atoms with Crippen molar-refractivity contribution < 1.29 is 0 Å². The summed E-state index contributed by atoms with van der Waals surface area (Å²) in [7, 11) is 0. The van der Waals surface area contributed by atoms with E-state index in [4.69, 9.17) is 0 Å². The fourth-order valence-corrected chi connectivity index (χ4v) is 2.16. The molecule has 0 aromatic carbocycles. The van der Waals surface area contributed by atoms with E-state index in [9.17, 15) is 0 Å². The lowest BCUT2D eigenvalue weighted by molar-refractivity contribution is 0.276. The molecule has 1 saturated heterocycles. The number of rotatable bonds is 1. The van der Waals surface area contributed by atoms with Gasteiger partial charge in [0.2, 0.25) is 0 Å². The molecule has 4 heteroatoms. The van der Waals surface area contributed by atoms with Crippen LogP contribution in [-0.4, -0.2) is 27.7 Å². The Morgan fingerprint density at radius 3 is 2.80 bits per heavy atom. The van der Waals surface area contributed by atoms with Crippen molar-refractivity contribution in [3.63, 3.8) is 0 Å². The summed E-state index contributed by atoms with van der Waals surface area (Å²) in [5.74, 6) is 0. The lowest BCUT2D eigenvalue weighted by atomic mass is 9.84. The van der Waals surface area contributed by atoms with E-state index in [1.165, 1.54) is 5.69 Å². The highest BCUT2D eigenvalue weighted by Crippen LogP contribution is 2.33. The molecule has 78 valence electrons. The molecule has 0 amide bonds. The average Bonchev–Trinajstić information content (AvgIpc) is 2.60. The molecular weight excluding hydrogens is 188 g/mol. The lowest BCUT2D eigenvalue weighted by Gasteiger charge is -2.47. The molecule has 1 fully saturated rings. The molecule has 3 heterocycles. The van der Waals surface area contributed by atoms with Crippen molar-refractivity contribution >= 4 is 11.3 Å². The summed E-state index contributed by atoms with van der Waals surface area (Å²) in [4.78, 5) is 6.49. The van der Waals surface area contributed by atoms with Crippen LogP contribution in [0.5, 0.6) is 0 Å². The third kappa shape index (κ3) is 1.37. The van der Waals surface area contributed by atoms with E-state index in [0.717, 1.165) is 18.7 Å². The highest BCUT2D eigenvalue weighted by molar-refractivity contribution is 5.53. The van der Waals surface area contributed by atoms with Crippen LogP contribution in [0.15, 0.2) is 24.7 Å². The van der Waals surface area contributed by atoms with E-state index in [1.54, 1.807) is 6.33 Å². The number of hydrogen-bond acceptors (Lipinski definition) is 3. The first kappa shape index (κ1) is 8.71. The predicted octanol–water partition coefficient (Wildman–Crippen LogP) is 1.58. The third-order valence-electron chi connectivity index (χ3n) is 2.86. The second-order valence-electron chi connectivity index (χ2n) is 4.97. The van der Waals surface area contributed by atoms with Crippen LogP contribution >= 0.6 is 0 Å². The quantitative estimate of drug-likeness (QED) is 0.704. The Balaban J connectivity index is 1.92. The molecule has 1 aliphatic rings. The molecule has 15 heavy (non-hydrogen) atoms. The average molecular weight is 202 g/mol. The number of hydrogen-bond donors (Lipinski definition) is 0. The van der Waals surface area contributed by atoms with Gasteiger partial charge in [0.15, 0.2) is 5.65 Å². The van der Waals surface area contributed by atoms with Crippen LogP contribution < -0.4 is 4.90 Å². The van der Waals surface area contributed by atoms with Crippen molar-refractivity contribution in [2.45, 2.75) is 13.8 Å². The number of anilines is 1. The van der Waals surface area contributed by atoms with Gasteiger partial charge in [-0.3, -0.25) is 0 Å². The smallest absolute Gasteiger partial charge is 0.155 e. The van der Waals surface area contributed by atoms with Gasteiger partial charge in [-0.1, -0.05) is 13.8 Å². The Labute approximate surface area is 88.5 Å².